The second-order valence-corrected chi connectivity index (χ2v) is 6.72. The molecule has 0 unspecified atom stereocenters. The Morgan fingerprint density at radius 2 is 1.73 bits per heavy atom. The van der Waals surface area contributed by atoms with Crippen molar-refractivity contribution in [1.29, 1.82) is 0 Å². The summed E-state index contributed by atoms with van der Waals surface area (Å²) >= 11 is 0. The fourth-order valence-corrected chi connectivity index (χ4v) is 3.16. The fraction of sp³-hybridized carbons (Fsp3) is 0.235. The zero-order chi connectivity index (χ0) is 19.2. The SMILES string of the molecule is CCOC(=O)Nc1ccc(S(=O)(=O)Nc2cc(OC)ccc2OC)cc1. The molecule has 0 heterocycles. The van der Waals surface area contributed by atoms with Crippen LogP contribution in [-0.2, 0) is 14.8 Å². The van der Waals surface area contributed by atoms with Crippen molar-refractivity contribution < 1.29 is 27.4 Å². The maximum absolute atomic E-state index is 12.6. The number of carbonyl (C=O) groups excluding carboxylic acids is 1. The molecular weight excluding hydrogens is 360 g/mol. The van der Waals surface area contributed by atoms with Crippen molar-refractivity contribution in [2.24, 2.45) is 0 Å². The topological polar surface area (TPSA) is 103 Å². The van der Waals surface area contributed by atoms with Gasteiger partial charge in [0.1, 0.15) is 11.5 Å². The van der Waals surface area contributed by atoms with Crippen molar-refractivity contribution >= 4 is 27.5 Å². The Bertz CT molecular complexity index is 865. The summed E-state index contributed by atoms with van der Waals surface area (Å²) in [5, 5.41) is 2.49. The molecule has 0 bridgehead atoms. The second kappa shape index (κ2) is 8.43. The number of anilines is 2. The number of nitrogens with one attached hydrogen (secondary N) is 2. The van der Waals surface area contributed by atoms with Crippen LogP contribution in [0.2, 0.25) is 0 Å². The first kappa shape index (κ1) is 19.4. The van der Waals surface area contributed by atoms with Crippen LogP contribution in [0.5, 0.6) is 11.5 Å². The normalized spacial score (nSPS) is 10.7. The molecule has 0 fully saturated rings. The Morgan fingerprint density at radius 3 is 2.31 bits per heavy atom. The van der Waals surface area contributed by atoms with Gasteiger partial charge in [-0.3, -0.25) is 10.0 Å². The fourth-order valence-electron chi connectivity index (χ4n) is 2.10. The monoisotopic (exact) mass is 380 g/mol. The van der Waals surface area contributed by atoms with E-state index in [9.17, 15) is 13.2 Å². The molecule has 140 valence electrons. The molecule has 0 aromatic heterocycles. The van der Waals surface area contributed by atoms with Crippen LogP contribution in [0.4, 0.5) is 16.2 Å². The van der Waals surface area contributed by atoms with Gasteiger partial charge < -0.3 is 14.2 Å². The smallest absolute Gasteiger partial charge is 0.411 e. The zero-order valence-corrected chi connectivity index (χ0v) is 15.4. The largest absolute Gasteiger partial charge is 0.497 e. The first-order chi connectivity index (χ1) is 12.4. The highest BCUT2D eigenvalue weighted by Gasteiger charge is 2.17. The minimum atomic E-state index is -3.86. The summed E-state index contributed by atoms with van der Waals surface area (Å²) in [5.41, 5.74) is 0.668. The van der Waals surface area contributed by atoms with E-state index < -0.39 is 16.1 Å². The van der Waals surface area contributed by atoms with E-state index in [1.54, 1.807) is 19.1 Å². The lowest BCUT2D eigenvalue weighted by Crippen LogP contribution is -2.15. The number of hydrogen-bond donors (Lipinski definition) is 2. The van der Waals surface area contributed by atoms with Gasteiger partial charge in [0.2, 0.25) is 0 Å². The third-order valence-electron chi connectivity index (χ3n) is 3.34. The molecule has 2 N–H and O–H groups in total. The Morgan fingerprint density at radius 1 is 1.04 bits per heavy atom. The van der Waals surface area contributed by atoms with Gasteiger partial charge in [0.05, 0.1) is 31.4 Å². The van der Waals surface area contributed by atoms with Crippen molar-refractivity contribution in [3.8, 4) is 11.5 Å². The van der Waals surface area contributed by atoms with Crippen LogP contribution in [0.1, 0.15) is 6.92 Å². The first-order valence-electron chi connectivity index (χ1n) is 7.68. The van der Waals surface area contributed by atoms with Crippen LogP contribution in [0, 0.1) is 0 Å². The summed E-state index contributed by atoms with van der Waals surface area (Å²) in [6, 6.07) is 10.5. The molecule has 0 aliphatic rings. The average molecular weight is 380 g/mol. The maximum atomic E-state index is 12.6. The first-order valence-corrected chi connectivity index (χ1v) is 9.16. The van der Waals surface area contributed by atoms with Gasteiger partial charge in [0.15, 0.2) is 0 Å². The predicted octanol–water partition coefficient (Wildman–Crippen LogP) is 3.07. The van der Waals surface area contributed by atoms with Gasteiger partial charge in [-0.15, -0.1) is 0 Å². The molecule has 26 heavy (non-hydrogen) atoms. The number of sulfonamides is 1. The Hall–Kier alpha value is -2.94. The van der Waals surface area contributed by atoms with Crippen LogP contribution in [0.15, 0.2) is 47.4 Å². The molecule has 9 heteroatoms. The van der Waals surface area contributed by atoms with Crippen LogP contribution in [0.25, 0.3) is 0 Å². The number of ether oxygens (including phenoxy) is 3. The molecule has 2 aromatic carbocycles. The van der Waals surface area contributed by atoms with Crippen LogP contribution in [-0.4, -0.2) is 35.3 Å². The highest BCUT2D eigenvalue weighted by molar-refractivity contribution is 7.92. The lowest BCUT2D eigenvalue weighted by atomic mass is 10.3. The molecule has 0 saturated heterocycles. The lowest BCUT2D eigenvalue weighted by Gasteiger charge is -2.13. The third-order valence-corrected chi connectivity index (χ3v) is 4.72. The Labute approximate surface area is 152 Å². The number of benzene rings is 2. The standard InChI is InChI=1S/C17H20N2O6S/c1-4-25-17(20)18-12-5-8-14(9-6-12)26(21,22)19-15-11-13(23-2)7-10-16(15)24-3/h5-11,19H,4H2,1-3H3,(H,18,20). The van der Waals surface area contributed by atoms with E-state index in [4.69, 9.17) is 14.2 Å². The van der Waals surface area contributed by atoms with Gasteiger partial charge in [-0.1, -0.05) is 0 Å². The van der Waals surface area contributed by atoms with Gasteiger partial charge >= 0.3 is 6.09 Å². The number of hydrogen-bond acceptors (Lipinski definition) is 6. The predicted molar refractivity (Wildman–Crippen MR) is 97.4 cm³/mol. The summed E-state index contributed by atoms with van der Waals surface area (Å²) in [5.74, 6) is 0.840. The molecule has 0 radical (unpaired) electrons. The molecule has 2 aromatic rings. The third kappa shape index (κ3) is 4.79. The van der Waals surface area contributed by atoms with E-state index in [0.717, 1.165) is 0 Å². The molecule has 1 amide bonds. The van der Waals surface area contributed by atoms with E-state index in [1.165, 1.54) is 44.6 Å². The number of rotatable bonds is 7. The summed E-state index contributed by atoms with van der Waals surface area (Å²) in [6.45, 7) is 1.93. The Kier molecular flexibility index (Phi) is 6.29. The molecule has 0 atom stereocenters. The lowest BCUT2D eigenvalue weighted by molar-refractivity contribution is 0.168. The summed E-state index contributed by atoms with van der Waals surface area (Å²) in [6.07, 6.45) is -0.609. The van der Waals surface area contributed by atoms with Gasteiger partial charge in [0, 0.05) is 11.8 Å². The molecule has 8 nitrogen and oxygen atoms in total. The average Bonchev–Trinajstić information content (AvgIpc) is 2.62. The van der Waals surface area contributed by atoms with Crippen LogP contribution >= 0.6 is 0 Å². The van der Waals surface area contributed by atoms with E-state index in [1.807, 2.05) is 0 Å². The summed E-state index contributed by atoms with van der Waals surface area (Å²) in [4.78, 5) is 11.4. The molecule has 2 rings (SSSR count). The Balaban J connectivity index is 2.21. The van der Waals surface area contributed by atoms with E-state index in [-0.39, 0.29) is 17.2 Å². The summed E-state index contributed by atoms with van der Waals surface area (Å²) in [7, 11) is -0.934. The van der Waals surface area contributed by atoms with Crippen molar-refractivity contribution in [3.05, 3.63) is 42.5 Å². The van der Waals surface area contributed by atoms with Crippen molar-refractivity contribution in [2.45, 2.75) is 11.8 Å². The molecule has 0 saturated carbocycles. The van der Waals surface area contributed by atoms with Gasteiger partial charge in [0.25, 0.3) is 10.0 Å². The van der Waals surface area contributed by atoms with Crippen molar-refractivity contribution in [3.63, 3.8) is 0 Å². The van der Waals surface area contributed by atoms with E-state index in [2.05, 4.69) is 10.0 Å². The maximum Gasteiger partial charge on any atom is 0.411 e. The highest BCUT2D eigenvalue weighted by Crippen LogP contribution is 2.31. The van der Waals surface area contributed by atoms with Crippen molar-refractivity contribution in [2.75, 3.05) is 30.9 Å². The molecule has 0 aliphatic heterocycles. The summed E-state index contributed by atoms with van der Waals surface area (Å²) < 4.78 is 42.7. The molecule has 0 aliphatic carbocycles. The number of carbonyl (C=O) groups is 1. The van der Waals surface area contributed by atoms with Crippen molar-refractivity contribution in [1.82, 2.24) is 0 Å². The minimum Gasteiger partial charge on any atom is -0.497 e. The second-order valence-electron chi connectivity index (χ2n) is 5.04. The van der Waals surface area contributed by atoms with E-state index in [0.29, 0.717) is 17.2 Å². The van der Waals surface area contributed by atoms with E-state index >= 15 is 0 Å². The van der Waals surface area contributed by atoms with Gasteiger partial charge in [-0.05, 0) is 43.3 Å². The van der Waals surface area contributed by atoms with Crippen LogP contribution < -0.4 is 19.5 Å². The quantitative estimate of drug-likeness (QED) is 0.765. The molecular formula is C17H20N2O6S. The number of amides is 1. The van der Waals surface area contributed by atoms with Crippen LogP contribution in [0.3, 0.4) is 0 Å². The number of methoxy groups -OCH3 is 2. The molecule has 0 spiro atoms. The minimum absolute atomic E-state index is 0.0248. The zero-order valence-electron chi connectivity index (χ0n) is 14.6. The highest BCUT2D eigenvalue weighted by atomic mass is 32.2. The van der Waals surface area contributed by atoms with Gasteiger partial charge in [-0.25, -0.2) is 13.2 Å². The van der Waals surface area contributed by atoms with Gasteiger partial charge in [-0.2, -0.15) is 0 Å².